The Hall–Kier alpha value is -1.10. The van der Waals surface area contributed by atoms with Crippen LogP contribution in [-0.4, -0.2) is 31.0 Å². The van der Waals surface area contributed by atoms with Crippen molar-refractivity contribution in [3.05, 3.63) is 18.5 Å². The number of aromatic nitrogens is 4. The lowest BCUT2D eigenvalue weighted by Crippen LogP contribution is -2.11. The molecule has 0 aromatic carbocycles. The normalized spacial score (nSPS) is 21.2. The fourth-order valence-corrected chi connectivity index (χ4v) is 3.19. The van der Waals surface area contributed by atoms with Gasteiger partial charge in [-0.2, -0.15) is 11.8 Å². The number of fused-ring (bicyclic) bond motifs is 1. The van der Waals surface area contributed by atoms with Gasteiger partial charge in [-0.1, -0.05) is 5.21 Å². The Kier molecular flexibility index (Phi) is 2.32. The molecule has 1 fully saturated rings. The van der Waals surface area contributed by atoms with E-state index in [9.17, 15) is 0 Å². The Balaban J connectivity index is 1.90. The third-order valence-corrected chi connectivity index (χ3v) is 4.10. The molecule has 0 spiro atoms. The number of rotatable bonds is 2. The molecule has 1 atom stereocenters. The molecule has 4 nitrogen and oxygen atoms in total. The molecule has 0 saturated carbocycles. The van der Waals surface area contributed by atoms with Crippen LogP contribution < -0.4 is 0 Å². The molecule has 1 aliphatic heterocycles. The third kappa shape index (κ3) is 1.71. The van der Waals surface area contributed by atoms with Gasteiger partial charge in [0.1, 0.15) is 5.52 Å². The first-order chi connectivity index (χ1) is 7.43. The van der Waals surface area contributed by atoms with Crippen LogP contribution in [0.5, 0.6) is 0 Å². The van der Waals surface area contributed by atoms with E-state index in [-0.39, 0.29) is 0 Å². The van der Waals surface area contributed by atoms with Gasteiger partial charge in [0.2, 0.25) is 0 Å². The fourth-order valence-electron chi connectivity index (χ4n) is 1.94. The first-order valence-electron chi connectivity index (χ1n) is 5.18. The van der Waals surface area contributed by atoms with Crippen LogP contribution in [0.1, 0.15) is 12.8 Å². The average Bonchev–Trinajstić information content (AvgIpc) is 2.89. The van der Waals surface area contributed by atoms with Crippen molar-refractivity contribution in [2.45, 2.75) is 24.6 Å². The van der Waals surface area contributed by atoms with Crippen LogP contribution in [0.2, 0.25) is 0 Å². The summed E-state index contributed by atoms with van der Waals surface area (Å²) in [4.78, 5) is 4.04. The van der Waals surface area contributed by atoms with Crippen LogP contribution in [0.25, 0.3) is 11.0 Å². The minimum Gasteiger partial charge on any atom is -0.262 e. The van der Waals surface area contributed by atoms with Crippen LogP contribution >= 0.6 is 11.8 Å². The Morgan fingerprint density at radius 1 is 1.53 bits per heavy atom. The second-order valence-corrected chi connectivity index (χ2v) is 5.18. The topological polar surface area (TPSA) is 43.6 Å². The molecular formula is C10H12N4S. The summed E-state index contributed by atoms with van der Waals surface area (Å²) in [6, 6.07) is 1.98. The first-order valence-corrected chi connectivity index (χ1v) is 6.23. The first kappa shape index (κ1) is 9.15. The molecule has 0 bridgehead atoms. The van der Waals surface area contributed by atoms with Gasteiger partial charge >= 0.3 is 0 Å². The van der Waals surface area contributed by atoms with Crippen molar-refractivity contribution in [3.63, 3.8) is 0 Å². The van der Waals surface area contributed by atoms with Crippen molar-refractivity contribution in [2.75, 3.05) is 5.75 Å². The van der Waals surface area contributed by atoms with Gasteiger partial charge in [0, 0.05) is 11.4 Å². The molecule has 3 rings (SSSR count). The van der Waals surface area contributed by atoms with Gasteiger partial charge in [-0.05, 0) is 24.7 Å². The monoisotopic (exact) mass is 220 g/mol. The molecule has 0 amide bonds. The van der Waals surface area contributed by atoms with Gasteiger partial charge in [-0.15, -0.1) is 5.10 Å². The van der Waals surface area contributed by atoms with E-state index in [1.165, 1.54) is 18.6 Å². The van der Waals surface area contributed by atoms with Gasteiger partial charge in [0.25, 0.3) is 0 Å². The van der Waals surface area contributed by atoms with Crippen molar-refractivity contribution in [3.8, 4) is 0 Å². The van der Waals surface area contributed by atoms with Gasteiger partial charge in [0.15, 0.2) is 0 Å². The van der Waals surface area contributed by atoms with Gasteiger partial charge < -0.3 is 0 Å². The van der Waals surface area contributed by atoms with E-state index in [1.54, 1.807) is 12.4 Å². The van der Waals surface area contributed by atoms with Gasteiger partial charge in [0.05, 0.1) is 18.3 Å². The minimum absolute atomic E-state index is 0.711. The summed E-state index contributed by atoms with van der Waals surface area (Å²) in [6.45, 7) is 0.977. The van der Waals surface area contributed by atoms with Gasteiger partial charge in [-0.25, -0.2) is 4.68 Å². The lowest BCUT2D eigenvalue weighted by atomic mass is 10.2. The highest BCUT2D eigenvalue weighted by Crippen LogP contribution is 2.27. The smallest absolute Gasteiger partial charge is 0.131 e. The van der Waals surface area contributed by atoms with Crippen molar-refractivity contribution < 1.29 is 0 Å². The van der Waals surface area contributed by atoms with Crippen LogP contribution in [0.15, 0.2) is 18.5 Å². The number of nitrogens with zero attached hydrogens (tertiary/aromatic N) is 4. The zero-order valence-electron chi connectivity index (χ0n) is 8.33. The van der Waals surface area contributed by atoms with Crippen molar-refractivity contribution in [1.82, 2.24) is 20.0 Å². The van der Waals surface area contributed by atoms with E-state index in [1.807, 2.05) is 22.5 Å². The predicted molar refractivity (Wildman–Crippen MR) is 60.8 cm³/mol. The van der Waals surface area contributed by atoms with E-state index < -0.39 is 0 Å². The SMILES string of the molecule is c1cc2c(cn1)nnn2CC1CCCS1. The highest BCUT2D eigenvalue weighted by atomic mass is 32.2. The zero-order chi connectivity index (χ0) is 10.1. The molecule has 0 N–H and O–H groups in total. The Labute approximate surface area is 92.1 Å². The molecule has 2 aromatic heterocycles. The average molecular weight is 220 g/mol. The van der Waals surface area contributed by atoms with Crippen LogP contribution in [0, 0.1) is 0 Å². The number of hydrogen-bond acceptors (Lipinski definition) is 4. The maximum Gasteiger partial charge on any atom is 0.131 e. The van der Waals surface area contributed by atoms with E-state index in [0.29, 0.717) is 5.25 Å². The highest BCUT2D eigenvalue weighted by molar-refractivity contribution is 8.00. The fraction of sp³-hybridized carbons (Fsp3) is 0.500. The molecular weight excluding hydrogens is 208 g/mol. The lowest BCUT2D eigenvalue weighted by molar-refractivity contribution is 0.575. The molecule has 1 saturated heterocycles. The summed E-state index contributed by atoms with van der Waals surface area (Å²) in [5.74, 6) is 1.29. The summed E-state index contributed by atoms with van der Waals surface area (Å²) in [5, 5.41) is 8.99. The summed E-state index contributed by atoms with van der Waals surface area (Å²) in [6.07, 6.45) is 6.20. The van der Waals surface area contributed by atoms with Crippen LogP contribution in [-0.2, 0) is 6.54 Å². The van der Waals surface area contributed by atoms with Crippen molar-refractivity contribution in [2.24, 2.45) is 0 Å². The number of hydrogen-bond donors (Lipinski definition) is 0. The molecule has 5 heteroatoms. The van der Waals surface area contributed by atoms with E-state index >= 15 is 0 Å². The number of pyridine rings is 1. The third-order valence-electron chi connectivity index (χ3n) is 2.72. The van der Waals surface area contributed by atoms with E-state index in [4.69, 9.17) is 0 Å². The summed E-state index contributed by atoms with van der Waals surface area (Å²) in [5.41, 5.74) is 1.98. The predicted octanol–water partition coefficient (Wildman–Crippen LogP) is 1.72. The molecule has 78 valence electrons. The van der Waals surface area contributed by atoms with Crippen molar-refractivity contribution in [1.29, 1.82) is 0 Å². The molecule has 15 heavy (non-hydrogen) atoms. The van der Waals surface area contributed by atoms with E-state index in [0.717, 1.165) is 17.6 Å². The summed E-state index contributed by atoms with van der Waals surface area (Å²) < 4.78 is 2.00. The van der Waals surface area contributed by atoms with Gasteiger partial charge in [-0.3, -0.25) is 4.98 Å². The molecule has 2 aromatic rings. The Morgan fingerprint density at radius 2 is 2.53 bits per heavy atom. The number of thioether (sulfide) groups is 1. The molecule has 3 heterocycles. The lowest BCUT2D eigenvalue weighted by Gasteiger charge is -2.07. The maximum absolute atomic E-state index is 4.17. The largest absolute Gasteiger partial charge is 0.262 e. The summed E-state index contributed by atoms with van der Waals surface area (Å²) >= 11 is 2.04. The second kappa shape index (κ2) is 3.81. The van der Waals surface area contributed by atoms with Crippen LogP contribution in [0.4, 0.5) is 0 Å². The zero-order valence-corrected chi connectivity index (χ0v) is 9.15. The highest BCUT2D eigenvalue weighted by Gasteiger charge is 2.17. The second-order valence-electron chi connectivity index (χ2n) is 3.77. The van der Waals surface area contributed by atoms with E-state index in [2.05, 4.69) is 15.3 Å². The maximum atomic E-state index is 4.17. The quantitative estimate of drug-likeness (QED) is 0.773. The summed E-state index contributed by atoms with van der Waals surface area (Å²) in [7, 11) is 0. The van der Waals surface area contributed by atoms with Crippen LogP contribution in [0.3, 0.4) is 0 Å². The molecule has 0 radical (unpaired) electrons. The molecule has 1 aliphatic rings. The Bertz CT molecular complexity index is 461. The standard InChI is InChI=1S/C10H12N4S/c1-2-8(15-5-1)7-14-10-3-4-11-6-9(10)12-13-14/h3-4,6,8H,1-2,5,7H2. The molecule has 1 unspecified atom stereocenters. The Morgan fingerprint density at radius 3 is 3.40 bits per heavy atom. The van der Waals surface area contributed by atoms with Crippen molar-refractivity contribution >= 4 is 22.8 Å². The minimum atomic E-state index is 0.711. The molecule has 0 aliphatic carbocycles.